The molecule has 1 heterocycles. The molecule has 1 amide bonds. The van der Waals surface area contributed by atoms with E-state index < -0.39 is 0 Å². The van der Waals surface area contributed by atoms with E-state index in [0.29, 0.717) is 11.6 Å². The monoisotopic (exact) mass is 316 g/mol. The molecule has 0 aromatic heterocycles. The summed E-state index contributed by atoms with van der Waals surface area (Å²) in [5, 5.41) is 4.33. The molecule has 0 unspecified atom stereocenters. The van der Waals surface area contributed by atoms with Crippen molar-refractivity contribution < 1.29 is 9.69 Å². The topological polar surface area (TPSA) is 45.9 Å². The number of hydrogen-bond acceptors (Lipinski definition) is 2. The molecule has 0 aliphatic carbocycles. The van der Waals surface area contributed by atoms with Crippen molar-refractivity contribution in [2.75, 3.05) is 13.1 Å². The van der Waals surface area contributed by atoms with E-state index in [2.05, 4.69) is 45.1 Å². The molecule has 1 aromatic carbocycles. The number of carbonyl (C=O) groups excluding carboxylic acids is 1. The van der Waals surface area contributed by atoms with E-state index in [1.165, 1.54) is 5.56 Å². The smallest absolute Gasteiger partial charge is 0.271 e. The fraction of sp³-hybridized carbons (Fsp3) is 0.579. The zero-order valence-electron chi connectivity index (χ0n) is 15.1. The van der Waals surface area contributed by atoms with Crippen molar-refractivity contribution in [1.82, 2.24) is 5.43 Å². The molecule has 1 aliphatic heterocycles. The Hall–Kier alpha value is -1.68. The van der Waals surface area contributed by atoms with Crippen LogP contribution in [-0.2, 0) is 5.41 Å². The van der Waals surface area contributed by atoms with Gasteiger partial charge in [-0.05, 0) is 37.0 Å². The Morgan fingerprint density at radius 2 is 1.70 bits per heavy atom. The minimum Gasteiger partial charge on any atom is -0.332 e. The molecule has 0 saturated carbocycles. The third kappa shape index (κ3) is 4.90. The van der Waals surface area contributed by atoms with Gasteiger partial charge in [0.2, 0.25) is 0 Å². The summed E-state index contributed by atoms with van der Waals surface area (Å²) in [6.45, 7) is 13.2. The van der Waals surface area contributed by atoms with Gasteiger partial charge in [-0.15, -0.1) is 0 Å². The van der Waals surface area contributed by atoms with Crippen LogP contribution in [0, 0.1) is 0 Å². The summed E-state index contributed by atoms with van der Waals surface area (Å²) in [6.07, 6.45) is 1.94. The number of benzene rings is 1. The van der Waals surface area contributed by atoms with Crippen LogP contribution >= 0.6 is 0 Å². The van der Waals surface area contributed by atoms with Crippen LogP contribution in [-0.4, -0.2) is 30.8 Å². The lowest BCUT2D eigenvalue weighted by molar-refractivity contribution is -0.922. The van der Waals surface area contributed by atoms with E-state index in [4.69, 9.17) is 0 Å². The zero-order chi connectivity index (χ0) is 17.0. The maximum absolute atomic E-state index is 12.2. The molecule has 23 heavy (non-hydrogen) atoms. The molecule has 1 fully saturated rings. The number of nitrogens with one attached hydrogen (secondary N) is 2. The highest BCUT2D eigenvalue weighted by atomic mass is 16.2. The summed E-state index contributed by atoms with van der Waals surface area (Å²) >= 11 is 0. The van der Waals surface area contributed by atoms with Crippen LogP contribution in [0.3, 0.4) is 0 Å². The van der Waals surface area contributed by atoms with Crippen molar-refractivity contribution in [2.24, 2.45) is 5.10 Å². The average molecular weight is 316 g/mol. The summed E-state index contributed by atoms with van der Waals surface area (Å²) in [4.78, 5) is 13.8. The number of hydrazone groups is 1. The maximum Gasteiger partial charge on any atom is 0.271 e. The molecule has 2 N–H and O–H groups in total. The van der Waals surface area contributed by atoms with Crippen molar-refractivity contribution in [3.05, 3.63) is 35.4 Å². The summed E-state index contributed by atoms with van der Waals surface area (Å²) in [5.41, 5.74) is 5.80. The molecular formula is C19H30N3O+. The lowest BCUT2D eigenvalue weighted by Gasteiger charge is -2.27. The second-order valence-corrected chi connectivity index (χ2v) is 7.76. The molecule has 1 saturated heterocycles. The van der Waals surface area contributed by atoms with E-state index >= 15 is 0 Å². The quantitative estimate of drug-likeness (QED) is 0.825. The van der Waals surface area contributed by atoms with E-state index in [9.17, 15) is 4.79 Å². The Morgan fingerprint density at radius 3 is 2.17 bits per heavy atom. The van der Waals surface area contributed by atoms with Crippen molar-refractivity contribution in [3.63, 3.8) is 0 Å². The molecule has 1 aliphatic rings. The van der Waals surface area contributed by atoms with E-state index in [1.54, 1.807) is 4.90 Å². The highest BCUT2D eigenvalue weighted by Gasteiger charge is 2.21. The highest BCUT2D eigenvalue weighted by Crippen LogP contribution is 2.22. The normalized spacial score (nSPS) is 18.9. The van der Waals surface area contributed by atoms with Crippen molar-refractivity contribution in [3.8, 4) is 0 Å². The number of amides is 1. The third-order valence-corrected chi connectivity index (χ3v) is 4.61. The molecule has 4 heteroatoms. The molecule has 126 valence electrons. The van der Waals surface area contributed by atoms with Gasteiger partial charge >= 0.3 is 0 Å². The number of carbonyl (C=O) groups is 1. The fourth-order valence-electron chi connectivity index (χ4n) is 2.86. The summed E-state index contributed by atoms with van der Waals surface area (Å²) in [6, 6.07) is 8.45. The minimum atomic E-state index is -0.128. The van der Waals surface area contributed by atoms with Gasteiger partial charge < -0.3 is 4.90 Å². The van der Waals surface area contributed by atoms with Crippen LogP contribution in [0.4, 0.5) is 0 Å². The van der Waals surface area contributed by atoms with Crippen LogP contribution in [0.1, 0.15) is 63.4 Å². The molecular weight excluding hydrogens is 286 g/mol. The standard InChI is InChI=1S/C19H29N3O/c1-14(2)22-12-10-17(11-13-22)20-21-18(23)15-6-8-16(9-7-15)19(3,4)5/h6-9,14H,10-13H2,1-5H3,(H,21,23)/p+1. The zero-order valence-corrected chi connectivity index (χ0v) is 15.1. The Kier molecular flexibility index (Phi) is 5.58. The van der Waals surface area contributed by atoms with E-state index in [0.717, 1.165) is 31.6 Å². The van der Waals surface area contributed by atoms with Gasteiger partial charge in [-0.1, -0.05) is 32.9 Å². The van der Waals surface area contributed by atoms with E-state index in [1.807, 2.05) is 24.3 Å². The van der Waals surface area contributed by atoms with Gasteiger partial charge in [-0.3, -0.25) is 4.79 Å². The third-order valence-electron chi connectivity index (χ3n) is 4.61. The Labute approximate surface area is 140 Å². The van der Waals surface area contributed by atoms with Gasteiger partial charge in [0.25, 0.3) is 5.91 Å². The average Bonchev–Trinajstić information content (AvgIpc) is 2.52. The number of rotatable bonds is 3. The van der Waals surface area contributed by atoms with Crippen LogP contribution in [0.15, 0.2) is 29.4 Å². The van der Waals surface area contributed by atoms with Crippen LogP contribution in [0.2, 0.25) is 0 Å². The maximum atomic E-state index is 12.2. The number of nitrogens with zero attached hydrogens (tertiary/aromatic N) is 1. The summed E-state index contributed by atoms with van der Waals surface area (Å²) in [5.74, 6) is -0.128. The summed E-state index contributed by atoms with van der Waals surface area (Å²) < 4.78 is 0. The predicted octanol–water partition coefficient (Wildman–Crippen LogP) is 2.16. The summed E-state index contributed by atoms with van der Waals surface area (Å²) in [7, 11) is 0. The fourth-order valence-corrected chi connectivity index (χ4v) is 2.86. The van der Waals surface area contributed by atoms with Crippen molar-refractivity contribution >= 4 is 11.6 Å². The number of piperidine rings is 1. The lowest BCUT2D eigenvalue weighted by atomic mass is 9.87. The van der Waals surface area contributed by atoms with E-state index in [-0.39, 0.29) is 11.3 Å². The second-order valence-electron chi connectivity index (χ2n) is 7.76. The molecule has 1 aromatic rings. The largest absolute Gasteiger partial charge is 0.332 e. The molecule has 0 spiro atoms. The van der Waals surface area contributed by atoms with Gasteiger partial charge in [0.15, 0.2) is 0 Å². The van der Waals surface area contributed by atoms with Gasteiger partial charge in [0, 0.05) is 24.1 Å². The second kappa shape index (κ2) is 7.26. The molecule has 0 radical (unpaired) electrons. The first-order chi connectivity index (χ1) is 10.8. The van der Waals surface area contributed by atoms with Gasteiger partial charge in [0.05, 0.1) is 19.1 Å². The first-order valence-corrected chi connectivity index (χ1v) is 8.58. The minimum absolute atomic E-state index is 0.0992. The Morgan fingerprint density at radius 1 is 1.13 bits per heavy atom. The molecule has 0 bridgehead atoms. The molecule has 2 rings (SSSR count). The number of likely N-dealkylation sites (tertiary alicyclic amines) is 1. The number of quaternary nitrogens is 1. The van der Waals surface area contributed by atoms with Crippen LogP contribution in [0.5, 0.6) is 0 Å². The van der Waals surface area contributed by atoms with Crippen LogP contribution < -0.4 is 10.3 Å². The molecule has 4 nitrogen and oxygen atoms in total. The van der Waals surface area contributed by atoms with Crippen LogP contribution in [0.25, 0.3) is 0 Å². The predicted molar refractivity (Wildman–Crippen MR) is 95.1 cm³/mol. The first-order valence-electron chi connectivity index (χ1n) is 8.58. The first kappa shape index (κ1) is 17.7. The van der Waals surface area contributed by atoms with Crippen molar-refractivity contribution in [1.29, 1.82) is 0 Å². The highest BCUT2D eigenvalue weighted by molar-refractivity contribution is 5.95. The Bertz CT molecular complexity index is 557. The van der Waals surface area contributed by atoms with Gasteiger partial charge in [-0.2, -0.15) is 5.10 Å². The van der Waals surface area contributed by atoms with Crippen molar-refractivity contribution in [2.45, 2.75) is 58.9 Å². The lowest BCUT2D eigenvalue weighted by Crippen LogP contribution is -3.16. The Balaban J connectivity index is 1.91. The molecule has 0 atom stereocenters. The number of hydrogen-bond donors (Lipinski definition) is 2. The van der Waals surface area contributed by atoms with Gasteiger partial charge in [0.1, 0.15) is 0 Å². The SMILES string of the molecule is CC(C)[NH+]1CCC(=NNC(=O)c2ccc(C(C)(C)C)cc2)CC1. The van der Waals surface area contributed by atoms with Gasteiger partial charge in [-0.25, -0.2) is 5.43 Å².